The summed E-state index contributed by atoms with van der Waals surface area (Å²) in [6.45, 7) is 3.93. The maximum Gasteiger partial charge on any atom is 0.295 e. The van der Waals surface area contributed by atoms with Crippen LogP contribution >= 0.6 is 15.9 Å². The molecule has 1 saturated heterocycles. The van der Waals surface area contributed by atoms with Gasteiger partial charge in [-0.25, -0.2) is 0 Å². The molecule has 1 amide bonds. The van der Waals surface area contributed by atoms with Gasteiger partial charge in [0, 0.05) is 16.6 Å². The molecule has 6 nitrogen and oxygen atoms in total. The molecule has 0 aliphatic carbocycles. The van der Waals surface area contributed by atoms with E-state index in [0.29, 0.717) is 30.9 Å². The number of ether oxygens (including phenoxy) is 1. The van der Waals surface area contributed by atoms with E-state index in [1.165, 1.54) is 0 Å². The van der Waals surface area contributed by atoms with Crippen LogP contribution in [0.1, 0.15) is 43.4 Å². The third-order valence-electron chi connectivity index (χ3n) is 5.60. The lowest BCUT2D eigenvalue weighted by molar-refractivity contribution is -0.139. The Bertz CT molecular complexity index is 1020. The van der Waals surface area contributed by atoms with E-state index in [0.717, 1.165) is 29.4 Å². The fourth-order valence-electron chi connectivity index (χ4n) is 3.89. The number of likely N-dealkylation sites (tertiary alicyclic amines) is 1. The fraction of sp³-hybridized carbons (Fsp3) is 0.385. The lowest BCUT2D eigenvalue weighted by atomic mass is 9.95. The number of halogens is 1. The first kappa shape index (κ1) is 25.0. The zero-order valence-electron chi connectivity index (χ0n) is 19.4. The quantitative estimate of drug-likeness (QED) is 0.209. The Hall–Kier alpha value is -2.64. The molecule has 1 atom stereocenters. The van der Waals surface area contributed by atoms with E-state index >= 15 is 0 Å². The average Bonchev–Trinajstić information content (AvgIpc) is 3.04. The normalized spacial score (nSPS) is 17.7. The molecule has 7 heteroatoms. The second kappa shape index (κ2) is 11.5. The summed E-state index contributed by atoms with van der Waals surface area (Å²) in [6.07, 6.45) is 2.73. The highest BCUT2D eigenvalue weighted by Gasteiger charge is 2.45. The van der Waals surface area contributed by atoms with E-state index in [-0.39, 0.29) is 11.3 Å². The molecule has 176 valence electrons. The number of carbonyl (C=O) groups excluding carboxylic acids is 2. The number of rotatable bonds is 10. The van der Waals surface area contributed by atoms with E-state index in [1.807, 2.05) is 43.3 Å². The first-order valence-corrected chi connectivity index (χ1v) is 12.0. The van der Waals surface area contributed by atoms with Gasteiger partial charge in [0.15, 0.2) is 0 Å². The van der Waals surface area contributed by atoms with Crippen molar-refractivity contribution in [2.75, 3.05) is 33.8 Å². The number of hydrogen-bond donors (Lipinski definition) is 1. The molecule has 3 rings (SSSR count). The molecular weight excluding hydrogens is 484 g/mol. The molecule has 0 saturated carbocycles. The molecule has 1 heterocycles. The van der Waals surface area contributed by atoms with Gasteiger partial charge in [-0.1, -0.05) is 41.4 Å². The maximum atomic E-state index is 13.1. The monoisotopic (exact) mass is 514 g/mol. The summed E-state index contributed by atoms with van der Waals surface area (Å²) in [7, 11) is 3.94. The van der Waals surface area contributed by atoms with Gasteiger partial charge in [0.1, 0.15) is 11.5 Å². The van der Waals surface area contributed by atoms with Gasteiger partial charge in [-0.2, -0.15) is 0 Å². The highest BCUT2D eigenvalue weighted by molar-refractivity contribution is 9.10. The summed E-state index contributed by atoms with van der Waals surface area (Å²) in [5.41, 5.74) is 1.36. The van der Waals surface area contributed by atoms with Gasteiger partial charge in [-0.15, -0.1) is 0 Å². The maximum absolute atomic E-state index is 13.1. The number of carbonyl (C=O) groups is 2. The molecule has 1 aliphatic rings. The van der Waals surface area contributed by atoms with Crippen LogP contribution in [0.15, 0.2) is 58.6 Å². The number of Topliss-reactive ketones (excluding diaryl/α,β-unsaturated/α-hetero) is 1. The SMILES string of the molecule is CCCCOc1ccc(/C(O)=C2\C(=O)C(=O)N(CCCN(C)C)C2c2cccc(Br)c2)cc1. The van der Waals surface area contributed by atoms with Crippen molar-refractivity contribution in [3.63, 3.8) is 0 Å². The number of nitrogens with zero attached hydrogens (tertiary/aromatic N) is 2. The van der Waals surface area contributed by atoms with Gasteiger partial charge in [-0.3, -0.25) is 9.59 Å². The summed E-state index contributed by atoms with van der Waals surface area (Å²) >= 11 is 3.48. The van der Waals surface area contributed by atoms with Crippen LogP contribution in [0.4, 0.5) is 0 Å². The van der Waals surface area contributed by atoms with E-state index in [1.54, 1.807) is 29.2 Å². The van der Waals surface area contributed by atoms with Crippen molar-refractivity contribution in [2.24, 2.45) is 0 Å². The number of hydrogen-bond acceptors (Lipinski definition) is 5. The van der Waals surface area contributed by atoms with Crippen LogP contribution in [-0.4, -0.2) is 60.4 Å². The average molecular weight is 515 g/mol. The molecule has 1 aliphatic heterocycles. The van der Waals surface area contributed by atoms with Crippen molar-refractivity contribution in [3.05, 3.63) is 69.7 Å². The van der Waals surface area contributed by atoms with Crippen LogP contribution in [0.2, 0.25) is 0 Å². The summed E-state index contributed by atoms with van der Waals surface area (Å²) in [6, 6.07) is 13.8. The Balaban J connectivity index is 1.98. The van der Waals surface area contributed by atoms with Crippen LogP contribution in [0.5, 0.6) is 5.75 Å². The lowest BCUT2D eigenvalue weighted by Crippen LogP contribution is -2.32. The van der Waals surface area contributed by atoms with Gasteiger partial charge >= 0.3 is 0 Å². The van der Waals surface area contributed by atoms with Crippen LogP contribution in [0.25, 0.3) is 5.76 Å². The van der Waals surface area contributed by atoms with Crippen molar-refractivity contribution in [2.45, 2.75) is 32.2 Å². The van der Waals surface area contributed by atoms with E-state index < -0.39 is 17.7 Å². The van der Waals surface area contributed by atoms with Gasteiger partial charge in [0.25, 0.3) is 11.7 Å². The second-order valence-corrected chi connectivity index (χ2v) is 9.35. The Labute approximate surface area is 204 Å². The first-order chi connectivity index (χ1) is 15.8. The fourth-order valence-corrected chi connectivity index (χ4v) is 4.31. The highest BCUT2D eigenvalue weighted by atomic mass is 79.9. The Morgan fingerprint density at radius 3 is 2.48 bits per heavy atom. The largest absolute Gasteiger partial charge is 0.507 e. The summed E-state index contributed by atoms with van der Waals surface area (Å²) < 4.78 is 6.53. The van der Waals surface area contributed by atoms with Gasteiger partial charge in [0.05, 0.1) is 18.2 Å². The number of amides is 1. The zero-order valence-corrected chi connectivity index (χ0v) is 21.0. The molecular formula is C26H31BrN2O4. The smallest absolute Gasteiger partial charge is 0.295 e. The molecule has 1 fully saturated rings. The van der Waals surface area contributed by atoms with Crippen molar-refractivity contribution < 1.29 is 19.4 Å². The Kier molecular flexibility index (Phi) is 8.69. The van der Waals surface area contributed by atoms with E-state index in [9.17, 15) is 14.7 Å². The zero-order chi connectivity index (χ0) is 24.0. The van der Waals surface area contributed by atoms with Crippen LogP contribution in [0, 0.1) is 0 Å². The van der Waals surface area contributed by atoms with Crippen LogP contribution < -0.4 is 4.74 Å². The van der Waals surface area contributed by atoms with E-state index in [2.05, 4.69) is 22.9 Å². The number of benzene rings is 2. The number of unbranched alkanes of at least 4 members (excludes halogenated alkanes) is 1. The number of aliphatic hydroxyl groups is 1. The summed E-state index contributed by atoms with van der Waals surface area (Å²) in [4.78, 5) is 29.7. The Morgan fingerprint density at radius 2 is 1.85 bits per heavy atom. The molecule has 0 radical (unpaired) electrons. The lowest BCUT2D eigenvalue weighted by Gasteiger charge is -2.26. The summed E-state index contributed by atoms with van der Waals surface area (Å²) in [5.74, 6) is -0.716. The van der Waals surface area contributed by atoms with Gasteiger partial charge in [-0.05, 0) is 75.4 Å². The minimum atomic E-state index is -0.661. The van der Waals surface area contributed by atoms with E-state index in [4.69, 9.17) is 4.74 Å². The molecule has 0 aromatic heterocycles. The molecule has 0 spiro atoms. The molecule has 2 aromatic carbocycles. The molecule has 33 heavy (non-hydrogen) atoms. The summed E-state index contributed by atoms with van der Waals surface area (Å²) in [5, 5.41) is 11.2. The van der Waals surface area contributed by atoms with Crippen molar-refractivity contribution in [1.82, 2.24) is 9.80 Å². The third kappa shape index (κ3) is 6.03. The molecule has 1 unspecified atom stereocenters. The predicted octanol–water partition coefficient (Wildman–Crippen LogP) is 5.00. The third-order valence-corrected chi connectivity index (χ3v) is 6.10. The van der Waals surface area contributed by atoms with Crippen LogP contribution in [-0.2, 0) is 9.59 Å². The minimum absolute atomic E-state index is 0.114. The van der Waals surface area contributed by atoms with Crippen molar-refractivity contribution in [1.29, 1.82) is 0 Å². The number of aliphatic hydroxyl groups excluding tert-OH is 1. The molecule has 1 N–H and O–H groups in total. The van der Waals surface area contributed by atoms with Gasteiger partial charge < -0.3 is 19.6 Å². The molecule has 0 bridgehead atoms. The number of ketones is 1. The first-order valence-electron chi connectivity index (χ1n) is 11.2. The van der Waals surface area contributed by atoms with Crippen LogP contribution in [0.3, 0.4) is 0 Å². The van der Waals surface area contributed by atoms with Crippen molar-refractivity contribution >= 4 is 33.4 Å². The highest BCUT2D eigenvalue weighted by Crippen LogP contribution is 2.40. The van der Waals surface area contributed by atoms with Crippen molar-refractivity contribution in [3.8, 4) is 5.75 Å². The molecule has 2 aromatic rings. The second-order valence-electron chi connectivity index (χ2n) is 8.43. The predicted molar refractivity (Wildman–Crippen MR) is 133 cm³/mol. The Morgan fingerprint density at radius 1 is 1.12 bits per heavy atom. The minimum Gasteiger partial charge on any atom is -0.507 e. The van der Waals surface area contributed by atoms with Gasteiger partial charge in [0.2, 0.25) is 0 Å². The topological polar surface area (TPSA) is 70.1 Å². The standard InChI is InChI=1S/C26H31BrN2O4/c1-4-5-16-33-21-12-10-18(11-13-21)24(30)22-23(19-8-6-9-20(27)17-19)29(26(32)25(22)31)15-7-14-28(2)3/h6,8-13,17,23,30H,4-5,7,14-16H2,1-3H3/b24-22+.